The summed E-state index contributed by atoms with van der Waals surface area (Å²) in [4.78, 5) is 17.7. The van der Waals surface area contributed by atoms with Crippen molar-refractivity contribution < 1.29 is 23.7 Å². The maximum Gasteiger partial charge on any atom is 0.257 e. The average Bonchev–Trinajstić information content (AvgIpc) is 3.33. The van der Waals surface area contributed by atoms with Crippen LogP contribution >= 0.6 is 0 Å². The third kappa shape index (κ3) is 7.28. The van der Waals surface area contributed by atoms with Crippen molar-refractivity contribution in [1.29, 1.82) is 0 Å². The molecule has 0 bridgehead atoms. The van der Waals surface area contributed by atoms with Crippen molar-refractivity contribution in [2.45, 2.75) is 44.4 Å². The Kier molecular flexibility index (Phi) is 8.93. The molecule has 0 unspecified atom stereocenters. The first-order valence-corrected chi connectivity index (χ1v) is 12.8. The van der Waals surface area contributed by atoms with Crippen molar-refractivity contribution in [3.05, 3.63) is 126 Å². The van der Waals surface area contributed by atoms with E-state index in [1.807, 2.05) is 91.0 Å². The lowest BCUT2D eigenvalue weighted by molar-refractivity contribution is -0.187. The van der Waals surface area contributed by atoms with E-state index >= 15 is 0 Å². The van der Waals surface area contributed by atoms with Gasteiger partial charge in [-0.2, -0.15) is 0 Å². The molecule has 200 valence electrons. The molecule has 1 amide bonds. The second kappa shape index (κ2) is 13.1. The number of nitrogens with one attached hydrogen (secondary N) is 1. The Hall–Kier alpha value is -4.08. The number of hydrogen-bond donors (Lipinski definition) is 2. The molecule has 1 aliphatic heterocycles. The number of carbonyl (C=O) groups is 1. The first-order chi connectivity index (χ1) is 19.2. The van der Waals surface area contributed by atoms with Gasteiger partial charge >= 0.3 is 0 Å². The van der Waals surface area contributed by atoms with Crippen LogP contribution < -0.4 is 11.1 Å². The predicted molar refractivity (Wildman–Crippen MR) is 147 cm³/mol. The summed E-state index contributed by atoms with van der Waals surface area (Å²) < 4.78 is 25.1. The SMILES string of the molecule is Nc1cccc(NC(=O)[C@H]2O[C@H](OCc3ccccc3)[C@H](OCc3ccccc3)[C@H]2OCc2ccccc2)n1. The van der Waals surface area contributed by atoms with Gasteiger partial charge in [-0.1, -0.05) is 97.1 Å². The van der Waals surface area contributed by atoms with Gasteiger partial charge in [0.1, 0.15) is 23.8 Å². The number of hydrogen-bond acceptors (Lipinski definition) is 7. The lowest BCUT2D eigenvalue weighted by Crippen LogP contribution is -2.42. The van der Waals surface area contributed by atoms with E-state index in [2.05, 4.69) is 10.3 Å². The van der Waals surface area contributed by atoms with E-state index in [-0.39, 0.29) is 13.2 Å². The zero-order valence-corrected chi connectivity index (χ0v) is 21.4. The number of carbonyl (C=O) groups excluding carboxylic acids is 1. The van der Waals surface area contributed by atoms with Crippen molar-refractivity contribution in [2.75, 3.05) is 11.1 Å². The third-order valence-corrected chi connectivity index (χ3v) is 6.28. The van der Waals surface area contributed by atoms with Crippen LogP contribution in [0.4, 0.5) is 11.6 Å². The fourth-order valence-electron chi connectivity index (χ4n) is 4.33. The van der Waals surface area contributed by atoms with E-state index in [1.165, 1.54) is 0 Å². The van der Waals surface area contributed by atoms with Gasteiger partial charge in [0, 0.05) is 0 Å². The highest BCUT2D eigenvalue weighted by Gasteiger charge is 2.50. The molecule has 2 heterocycles. The first kappa shape index (κ1) is 26.5. The van der Waals surface area contributed by atoms with Crippen LogP contribution in [0, 0.1) is 0 Å². The molecule has 8 nitrogen and oxygen atoms in total. The lowest BCUT2D eigenvalue weighted by atomic mass is 10.1. The zero-order chi connectivity index (χ0) is 26.9. The highest BCUT2D eigenvalue weighted by molar-refractivity contribution is 5.94. The molecular weight excluding hydrogens is 494 g/mol. The van der Waals surface area contributed by atoms with E-state index in [0.717, 1.165) is 16.7 Å². The van der Waals surface area contributed by atoms with Gasteiger partial charge in [0.25, 0.3) is 5.91 Å². The second-order valence-electron chi connectivity index (χ2n) is 9.18. The Morgan fingerprint density at radius 2 is 1.21 bits per heavy atom. The molecule has 39 heavy (non-hydrogen) atoms. The van der Waals surface area contributed by atoms with Crippen molar-refractivity contribution in [3.63, 3.8) is 0 Å². The maximum atomic E-state index is 13.5. The fourth-order valence-corrected chi connectivity index (χ4v) is 4.33. The van der Waals surface area contributed by atoms with Gasteiger partial charge in [0.2, 0.25) is 0 Å². The molecule has 3 aromatic carbocycles. The Bertz CT molecular complexity index is 1320. The smallest absolute Gasteiger partial charge is 0.257 e. The summed E-state index contributed by atoms with van der Waals surface area (Å²) in [5.74, 6) is 0.191. The Morgan fingerprint density at radius 3 is 1.74 bits per heavy atom. The van der Waals surface area contributed by atoms with E-state index in [0.29, 0.717) is 18.2 Å². The normalized spacial score (nSPS) is 20.5. The van der Waals surface area contributed by atoms with Crippen LogP contribution in [0.25, 0.3) is 0 Å². The molecule has 0 spiro atoms. The van der Waals surface area contributed by atoms with Gasteiger partial charge in [-0.3, -0.25) is 4.79 Å². The third-order valence-electron chi connectivity index (χ3n) is 6.28. The van der Waals surface area contributed by atoms with E-state index in [9.17, 15) is 4.79 Å². The number of aromatic nitrogens is 1. The van der Waals surface area contributed by atoms with Gasteiger partial charge in [-0.05, 0) is 28.8 Å². The van der Waals surface area contributed by atoms with Gasteiger partial charge < -0.3 is 30.0 Å². The summed E-state index contributed by atoms with van der Waals surface area (Å²) >= 11 is 0. The molecule has 0 radical (unpaired) electrons. The van der Waals surface area contributed by atoms with Crippen LogP contribution in [0.15, 0.2) is 109 Å². The Labute approximate surface area is 227 Å². The number of benzene rings is 3. The van der Waals surface area contributed by atoms with Gasteiger partial charge in [-0.15, -0.1) is 0 Å². The van der Waals surface area contributed by atoms with Crippen molar-refractivity contribution in [1.82, 2.24) is 4.98 Å². The number of pyridine rings is 1. The topological polar surface area (TPSA) is 105 Å². The first-order valence-electron chi connectivity index (χ1n) is 12.8. The number of nitrogens with zero attached hydrogens (tertiary/aromatic N) is 1. The van der Waals surface area contributed by atoms with Gasteiger partial charge in [0.15, 0.2) is 12.4 Å². The largest absolute Gasteiger partial charge is 0.384 e. The predicted octanol–water partition coefficient (Wildman–Crippen LogP) is 4.71. The van der Waals surface area contributed by atoms with Crippen LogP contribution in [0.2, 0.25) is 0 Å². The minimum Gasteiger partial charge on any atom is -0.384 e. The molecule has 1 aliphatic rings. The monoisotopic (exact) mass is 525 g/mol. The maximum absolute atomic E-state index is 13.5. The minimum absolute atomic E-state index is 0.270. The molecule has 0 saturated carbocycles. The number of ether oxygens (including phenoxy) is 4. The molecule has 8 heteroatoms. The molecule has 0 aliphatic carbocycles. The molecule has 1 saturated heterocycles. The summed E-state index contributed by atoms with van der Waals surface area (Å²) in [7, 11) is 0. The summed E-state index contributed by atoms with van der Waals surface area (Å²) in [6.45, 7) is 0.857. The standard InChI is InChI=1S/C31H31N3O5/c32-25-17-10-18-26(33-25)34-30(35)28-27(36-19-22-11-4-1-5-12-22)29(37-20-23-13-6-2-7-14-23)31(39-28)38-21-24-15-8-3-9-16-24/h1-18,27-29,31H,19-21H2,(H3,32,33,34,35)/t27-,28-,29+,31-/m0/s1. The van der Waals surface area contributed by atoms with Crippen molar-refractivity contribution >= 4 is 17.5 Å². The minimum atomic E-state index is -1.02. The van der Waals surface area contributed by atoms with Crippen LogP contribution in [-0.2, 0) is 43.6 Å². The number of rotatable bonds is 11. The highest BCUT2D eigenvalue weighted by atomic mass is 16.7. The number of amides is 1. The summed E-state index contributed by atoms with van der Waals surface area (Å²) in [6.07, 6.45) is -3.30. The molecule has 1 aromatic heterocycles. The van der Waals surface area contributed by atoms with Crippen LogP contribution in [0.3, 0.4) is 0 Å². The number of nitrogens with two attached hydrogens (primary N) is 1. The molecular formula is C31H31N3O5. The van der Waals surface area contributed by atoms with Gasteiger partial charge in [0.05, 0.1) is 19.8 Å². The second-order valence-corrected chi connectivity index (χ2v) is 9.18. The van der Waals surface area contributed by atoms with E-state index < -0.39 is 30.5 Å². The molecule has 5 rings (SSSR count). The summed E-state index contributed by atoms with van der Waals surface area (Å²) in [5, 5.41) is 2.80. The zero-order valence-electron chi connectivity index (χ0n) is 21.4. The van der Waals surface area contributed by atoms with Crippen LogP contribution in [0.5, 0.6) is 0 Å². The van der Waals surface area contributed by atoms with Crippen LogP contribution in [0.1, 0.15) is 16.7 Å². The van der Waals surface area contributed by atoms with Gasteiger partial charge in [-0.25, -0.2) is 4.98 Å². The molecule has 4 atom stereocenters. The summed E-state index contributed by atoms with van der Waals surface area (Å²) in [5.41, 5.74) is 8.72. The highest BCUT2D eigenvalue weighted by Crippen LogP contribution is 2.31. The van der Waals surface area contributed by atoms with E-state index in [4.69, 9.17) is 24.7 Å². The summed E-state index contributed by atoms with van der Waals surface area (Å²) in [6, 6.07) is 34.3. The van der Waals surface area contributed by atoms with E-state index in [1.54, 1.807) is 18.2 Å². The Morgan fingerprint density at radius 1 is 0.692 bits per heavy atom. The molecule has 3 N–H and O–H groups in total. The number of nitrogen functional groups attached to an aromatic ring is 1. The average molecular weight is 526 g/mol. The van der Waals surface area contributed by atoms with Crippen molar-refractivity contribution in [2.24, 2.45) is 0 Å². The number of anilines is 2. The fraction of sp³-hybridized carbons (Fsp3) is 0.226. The quantitative estimate of drug-likeness (QED) is 0.292. The molecule has 1 fully saturated rings. The van der Waals surface area contributed by atoms with Crippen LogP contribution in [-0.4, -0.2) is 35.5 Å². The molecule has 4 aromatic rings. The lowest BCUT2D eigenvalue weighted by Gasteiger charge is -2.25. The van der Waals surface area contributed by atoms with Crippen molar-refractivity contribution in [3.8, 4) is 0 Å². The Balaban J connectivity index is 1.39.